The average molecular weight is 377 g/mol. The zero-order valence-electron chi connectivity index (χ0n) is 14.6. The number of nitrogens with zero attached hydrogens (tertiary/aromatic N) is 2. The number of thioether (sulfide) groups is 1. The van der Waals surface area contributed by atoms with E-state index in [0.29, 0.717) is 16.9 Å². The molecule has 7 heteroatoms. The molecule has 0 radical (unpaired) electrons. The van der Waals surface area contributed by atoms with Gasteiger partial charge in [0.1, 0.15) is 0 Å². The summed E-state index contributed by atoms with van der Waals surface area (Å²) in [6.45, 7) is 1.88. The number of benzene rings is 1. The molecule has 2 heterocycles. The van der Waals surface area contributed by atoms with Crippen molar-refractivity contribution in [2.75, 3.05) is 0 Å². The molecule has 2 aliphatic rings. The minimum absolute atomic E-state index is 0.192. The third kappa shape index (κ3) is 3.13. The van der Waals surface area contributed by atoms with Gasteiger partial charge in [-0.15, -0.1) is 0 Å². The molecule has 1 saturated carbocycles. The minimum Gasteiger partial charge on any atom is -0.268 e. The molecule has 1 aliphatic carbocycles. The molecule has 1 fully saturated rings. The van der Waals surface area contributed by atoms with Crippen LogP contribution < -0.4 is 5.56 Å². The highest BCUT2D eigenvalue weighted by Crippen LogP contribution is 2.45. The van der Waals surface area contributed by atoms with E-state index < -0.39 is 11.6 Å². The molecule has 0 bridgehead atoms. The number of aromatic nitrogens is 2. The molecular formula is C19H21F2N3OS. The number of hydrogen-bond donors (Lipinski definition) is 1. The van der Waals surface area contributed by atoms with Crippen LogP contribution in [0.15, 0.2) is 28.0 Å². The highest BCUT2D eigenvalue weighted by atomic mass is 32.2. The van der Waals surface area contributed by atoms with Crippen LogP contribution in [0.4, 0.5) is 14.6 Å². The summed E-state index contributed by atoms with van der Waals surface area (Å²) >= 11 is 1.40. The molecular weight excluding hydrogens is 356 g/mol. The van der Waals surface area contributed by atoms with Gasteiger partial charge in [0.05, 0.1) is 21.9 Å². The highest BCUT2D eigenvalue weighted by molar-refractivity contribution is 8.14. The lowest BCUT2D eigenvalue weighted by Gasteiger charge is -2.23. The van der Waals surface area contributed by atoms with Crippen LogP contribution in [0.1, 0.15) is 67.9 Å². The van der Waals surface area contributed by atoms with Crippen molar-refractivity contribution < 1.29 is 8.78 Å². The van der Waals surface area contributed by atoms with Gasteiger partial charge in [-0.2, -0.15) is 0 Å². The largest absolute Gasteiger partial charge is 0.271 e. The van der Waals surface area contributed by atoms with Gasteiger partial charge in [-0.05, 0) is 37.5 Å². The molecule has 138 valence electrons. The standard InChI is InChI=1S/C19H21F2N3OS/c1-11-22-18-16(17(26-11)12-8-9-14(20)15(21)10-12)19(25)23-24(18)13-6-4-2-3-5-7-13/h8-10,13,17H,2-7H2,1H3,(H,23,25)/t17-/m0/s1. The van der Waals surface area contributed by atoms with Crippen molar-refractivity contribution in [1.29, 1.82) is 0 Å². The van der Waals surface area contributed by atoms with E-state index in [9.17, 15) is 13.6 Å². The van der Waals surface area contributed by atoms with Crippen molar-refractivity contribution in [3.63, 3.8) is 0 Å². The van der Waals surface area contributed by atoms with Crippen molar-refractivity contribution in [1.82, 2.24) is 9.78 Å². The van der Waals surface area contributed by atoms with E-state index in [1.54, 1.807) is 6.07 Å². The van der Waals surface area contributed by atoms with Crippen LogP contribution in [0, 0.1) is 11.6 Å². The SMILES string of the molecule is CC1=Nc2c(c(=O)[nH]n2C2CCCCCC2)[C@H](c2ccc(F)c(F)c2)S1. The first-order valence-electron chi connectivity index (χ1n) is 9.06. The number of aliphatic imine (C=N–C) groups is 1. The summed E-state index contributed by atoms with van der Waals surface area (Å²) in [7, 11) is 0. The van der Waals surface area contributed by atoms with Gasteiger partial charge >= 0.3 is 0 Å². The van der Waals surface area contributed by atoms with E-state index in [1.165, 1.54) is 30.7 Å². The van der Waals surface area contributed by atoms with Gasteiger partial charge in [0, 0.05) is 0 Å². The Morgan fingerprint density at radius 3 is 2.58 bits per heavy atom. The molecule has 2 aromatic rings. The molecule has 1 aromatic carbocycles. The van der Waals surface area contributed by atoms with Crippen molar-refractivity contribution in [2.45, 2.75) is 56.7 Å². The van der Waals surface area contributed by atoms with Crippen molar-refractivity contribution in [3.8, 4) is 0 Å². The number of hydrogen-bond acceptors (Lipinski definition) is 3. The number of halogens is 2. The van der Waals surface area contributed by atoms with Crippen LogP contribution in [0.2, 0.25) is 0 Å². The Labute approximate surface area is 154 Å². The Morgan fingerprint density at radius 1 is 1.15 bits per heavy atom. The maximum absolute atomic E-state index is 13.7. The maximum Gasteiger partial charge on any atom is 0.271 e. The van der Waals surface area contributed by atoms with Crippen LogP contribution in [0.3, 0.4) is 0 Å². The van der Waals surface area contributed by atoms with E-state index in [-0.39, 0.29) is 16.9 Å². The molecule has 0 saturated heterocycles. The highest BCUT2D eigenvalue weighted by Gasteiger charge is 2.32. The molecule has 0 spiro atoms. The van der Waals surface area contributed by atoms with Gasteiger partial charge in [0.2, 0.25) is 0 Å². The van der Waals surface area contributed by atoms with Gasteiger partial charge in [0.15, 0.2) is 17.5 Å². The van der Waals surface area contributed by atoms with E-state index in [4.69, 9.17) is 0 Å². The fourth-order valence-electron chi connectivity index (χ4n) is 3.90. The zero-order valence-corrected chi connectivity index (χ0v) is 15.4. The number of rotatable bonds is 2. The lowest BCUT2D eigenvalue weighted by molar-refractivity contribution is 0.407. The van der Waals surface area contributed by atoms with Crippen molar-refractivity contribution in [2.24, 2.45) is 4.99 Å². The van der Waals surface area contributed by atoms with Gasteiger partial charge in [0.25, 0.3) is 5.56 Å². The summed E-state index contributed by atoms with van der Waals surface area (Å²) in [5.41, 5.74) is 0.923. The molecule has 1 atom stereocenters. The maximum atomic E-state index is 13.7. The van der Waals surface area contributed by atoms with Crippen molar-refractivity contribution in [3.05, 3.63) is 51.3 Å². The third-order valence-electron chi connectivity index (χ3n) is 5.19. The average Bonchev–Trinajstić information content (AvgIpc) is 2.80. The van der Waals surface area contributed by atoms with E-state index in [1.807, 2.05) is 11.6 Å². The second-order valence-corrected chi connectivity index (χ2v) is 8.29. The van der Waals surface area contributed by atoms with Crippen LogP contribution in [0.5, 0.6) is 0 Å². The fourth-order valence-corrected chi connectivity index (χ4v) is 4.99. The second-order valence-electron chi connectivity index (χ2n) is 7.00. The Morgan fingerprint density at radius 2 is 1.88 bits per heavy atom. The second kappa shape index (κ2) is 7.02. The van der Waals surface area contributed by atoms with E-state index in [0.717, 1.165) is 36.8 Å². The fraction of sp³-hybridized carbons (Fsp3) is 0.474. The summed E-state index contributed by atoms with van der Waals surface area (Å²) in [4.78, 5) is 17.4. The van der Waals surface area contributed by atoms with E-state index in [2.05, 4.69) is 10.1 Å². The number of aromatic amines is 1. The smallest absolute Gasteiger partial charge is 0.268 e. The molecule has 4 nitrogen and oxygen atoms in total. The number of nitrogens with one attached hydrogen (secondary N) is 1. The minimum atomic E-state index is -0.899. The Bertz CT molecular complexity index is 910. The van der Waals surface area contributed by atoms with Gasteiger partial charge in [-0.1, -0.05) is 43.5 Å². The van der Waals surface area contributed by atoms with Gasteiger partial charge in [-0.25, -0.2) is 13.8 Å². The molecule has 4 rings (SSSR count). The molecule has 0 amide bonds. The summed E-state index contributed by atoms with van der Waals surface area (Å²) in [6.07, 6.45) is 6.77. The Balaban J connectivity index is 1.80. The Hall–Kier alpha value is -1.89. The molecule has 26 heavy (non-hydrogen) atoms. The van der Waals surface area contributed by atoms with Gasteiger partial charge in [-0.3, -0.25) is 14.6 Å². The predicted octanol–water partition coefficient (Wildman–Crippen LogP) is 5.24. The third-order valence-corrected chi connectivity index (χ3v) is 6.36. The number of H-pyrrole nitrogens is 1. The molecule has 0 unspecified atom stereocenters. The van der Waals surface area contributed by atoms with E-state index >= 15 is 0 Å². The lowest BCUT2D eigenvalue weighted by atomic mass is 10.1. The summed E-state index contributed by atoms with van der Waals surface area (Å²) < 4.78 is 29.0. The van der Waals surface area contributed by atoms with Crippen LogP contribution >= 0.6 is 11.8 Å². The quantitative estimate of drug-likeness (QED) is 0.728. The van der Waals surface area contributed by atoms with Crippen LogP contribution in [-0.2, 0) is 0 Å². The van der Waals surface area contributed by atoms with Crippen LogP contribution in [-0.4, -0.2) is 14.8 Å². The monoisotopic (exact) mass is 377 g/mol. The summed E-state index contributed by atoms with van der Waals surface area (Å²) in [5, 5.41) is 3.40. The molecule has 1 aromatic heterocycles. The summed E-state index contributed by atoms with van der Waals surface area (Å²) in [5.74, 6) is -1.14. The van der Waals surface area contributed by atoms with Gasteiger partial charge < -0.3 is 0 Å². The zero-order chi connectivity index (χ0) is 18.3. The predicted molar refractivity (Wildman–Crippen MR) is 100 cm³/mol. The first kappa shape index (κ1) is 17.5. The summed E-state index contributed by atoms with van der Waals surface area (Å²) in [6, 6.07) is 4.07. The number of fused-ring (bicyclic) bond motifs is 1. The topological polar surface area (TPSA) is 50.1 Å². The molecule has 1 N–H and O–H groups in total. The first-order valence-corrected chi connectivity index (χ1v) is 9.94. The Kier molecular flexibility index (Phi) is 4.73. The first-order chi connectivity index (χ1) is 12.5. The lowest BCUT2D eigenvalue weighted by Crippen LogP contribution is -2.14. The van der Waals surface area contributed by atoms with Crippen LogP contribution in [0.25, 0.3) is 0 Å². The normalized spacial score (nSPS) is 21.2. The molecule has 1 aliphatic heterocycles. The van der Waals surface area contributed by atoms with Crippen molar-refractivity contribution >= 4 is 22.6 Å².